The van der Waals surface area contributed by atoms with Crippen molar-refractivity contribution in [3.05, 3.63) is 36.0 Å². The average Bonchev–Trinajstić information content (AvgIpc) is 3.25. The van der Waals surface area contributed by atoms with E-state index in [0.29, 0.717) is 12.0 Å². The Labute approximate surface area is 395 Å². The molecule has 3 aliphatic rings. The third-order valence-corrected chi connectivity index (χ3v) is 12.4. The van der Waals surface area contributed by atoms with Crippen molar-refractivity contribution in [2.24, 2.45) is 23.7 Å². The molecular formula is C48H75NO18. The molecule has 0 saturated carbocycles. The number of aliphatic hydroxyl groups is 1. The van der Waals surface area contributed by atoms with E-state index in [0.717, 1.165) is 0 Å². The van der Waals surface area contributed by atoms with E-state index >= 15 is 0 Å². The van der Waals surface area contributed by atoms with Crippen LogP contribution in [0.5, 0.6) is 0 Å². The number of cyclic esters (lactones) is 1. The van der Waals surface area contributed by atoms with E-state index < -0.39 is 140 Å². The van der Waals surface area contributed by atoms with Crippen molar-refractivity contribution in [1.82, 2.24) is 4.90 Å². The van der Waals surface area contributed by atoms with E-state index in [1.54, 1.807) is 65.8 Å². The highest BCUT2D eigenvalue weighted by molar-refractivity contribution is 5.91. The van der Waals surface area contributed by atoms with E-state index in [1.807, 2.05) is 13.0 Å². The number of hydrogen-bond acceptors (Lipinski definition) is 19. The van der Waals surface area contributed by atoms with Crippen LogP contribution in [0, 0.1) is 23.7 Å². The Bertz CT molecular complexity index is 1750. The number of likely N-dealkylation sites (N-methyl/N-ethyl adjacent to an activating group) is 1. The highest BCUT2D eigenvalue weighted by Gasteiger charge is 2.52. The minimum atomic E-state index is -1.39. The topological polar surface area (TPSA) is 227 Å². The van der Waals surface area contributed by atoms with Gasteiger partial charge < -0.3 is 57.2 Å². The van der Waals surface area contributed by atoms with Crippen molar-refractivity contribution in [3.63, 3.8) is 0 Å². The molecule has 0 aliphatic carbocycles. The molecule has 19 nitrogen and oxygen atoms in total. The van der Waals surface area contributed by atoms with Gasteiger partial charge in [0.15, 0.2) is 30.6 Å². The van der Waals surface area contributed by atoms with Gasteiger partial charge >= 0.3 is 29.8 Å². The molecule has 0 bridgehead atoms. The monoisotopic (exact) mass is 953 g/mol. The lowest BCUT2D eigenvalue weighted by atomic mass is 9.79. The Morgan fingerprint density at radius 2 is 1.39 bits per heavy atom. The van der Waals surface area contributed by atoms with Crippen LogP contribution >= 0.6 is 0 Å². The van der Waals surface area contributed by atoms with Gasteiger partial charge in [0.05, 0.1) is 50.6 Å². The Kier molecular flexibility index (Phi) is 23.2. The summed E-state index contributed by atoms with van der Waals surface area (Å²) in [5.74, 6) is -6.01. The van der Waals surface area contributed by atoms with Crippen LogP contribution in [-0.4, -0.2) is 167 Å². The Morgan fingerprint density at radius 3 is 1.96 bits per heavy atom. The molecule has 0 aromatic carbocycles. The van der Waals surface area contributed by atoms with Crippen molar-refractivity contribution in [1.29, 1.82) is 0 Å². The normalized spacial score (nSPS) is 37.2. The summed E-state index contributed by atoms with van der Waals surface area (Å²) in [4.78, 5) is 78.7. The van der Waals surface area contributed by atoms with Crippen LogP contribution in [0.1, 0.15) is 88.0 Å². The second kappa shape index (κ2) is 27.2. The molecular weight excluding hydrogens is 879 g/mol. The van der Waals surface area contributed by atoms with Gasteiger partial charge in [0.1, 0.15) is 24.4 Å². The lowest BCUT2D eigenvalue weighted by molar-refractivity contribution is -0.308. The molecule has 19 heteroatoms. The number of hydrogen-bond donors (Lipinski definition) is 1. The zero-order chi connectivity index (χ0) is 50.3. The summed E-state index contributed by atoms with van der Waals surface area (Å²) in [5.41, 5.74) is 0.664. The number of esters is 5. The molecule has 2 fully saturated rings. The average molecular weight is 954 g/mol. The third kappa shape index (κ3) is 16.5. The molecule has 3 rings (SSSR count). The van der Waals surface area contributed by atoms with Gasteiger partial charge in [-0.25, -0.2) is 4.79 Å². The van der Waals surface area contributed by atoms with Crippen LogP contribution in [0.4, 0.5) is 0 Å². The molecule has 3 heterocycles. The zero-order valence-electron chi connectivity index (χ0n) is 41.6. The van der Waals surface area contributed by atoms with Crippen molar-refractivity contribution in [2.45, 2.75) is 168 Å². The maximum Gasteiger partial charge on any atom is 0.330 e. The highest BCUT2D eigenvalue weighted by Crippen LogP contribution is 2.37. The fourth-order valence-electron chi connectivity index (χ4n) is 9.01. The summed E-state index contributed by atoms with van der Waals surface area (Å²) >= 11 is 0. The molecule has 67 heavy (non-hydrogen) atoms. The smallest absolute Gasteiger partial charge is 0.330 e. The standard InChI is InChI=1S/C48H75NO18/c1-15-37-34(24-60-47-46(59-14)45(58-13)43(29(6)61-47)64-31(8)51)21-25(2)19-20-35(53)26(3)22-33(17-16-18-38(55)57-12)41(27(4)36(54)23-39(56)66-37)67-48-44(65-32(9)52)40(49(10)11)42(28(5)62-48)63-30(7)50/h16,18-21,26-29,33-34,36-37,40-48,54H,15,17,22-24H2,1-14H3/b18-16+,20-19+,25-21+/t26-,27+,28+,29-,33+,34-,36-,37-,40-,41-,42+,43-,44+,45-,46-,47-,48-/m1/s1. The number of ketones is 1. The van der Waals surface area contributed by atoms with Gasteiger partial charge in [-0.05, 0) is 66.1 Å². The maximum atomic E-state index is 14.0. The fraction of sp³-hybridized carbons (Fsp3) is 0.750. The molecule has 3 aliphatic heterocycles. The summed E-state index contributed by atoms with van der Waals surface area (Å²) in [6.45, 7) is 14.2. The molecule has 1 N–H and O–H groups in total. The fourth-order valence-corrected chi connectivity index (χ4v) is 9.01. The number of rotatable bonds is 15. The number of allylic oxidation sites excluding steroid dienone is 4. The van der Waals surface area contributed by atoms with Crippen molar-refractivity contribution in [3.8, 4) is 0 Å². The Hall–Kier alpha value is -4.08. The molecule has 17 atom stereocenters. The summed E-state index contributed by atoms with van der Waals surface area (Å²) in [7, 11) is 7.63. The second-order valence-corrected chi connectivity index (χ2v) is 17.9. The van der Waals surface area contributed by atoms with Crippen molar-refractivity contribution in [2.75, 3.05) is 42.0 Å². The largest absolute Gasteiger partial charge is 0.466 e. The number of carbonyl (C=O) groups is 6. The van der Waals surface area contributed by atoms with E-state index in [1.165, 1.54) is 54.3 Å². The predicted octanol–water partition coefficient (Wildman–Crippen LogP) is 3.81. The second-order valence-electron chi connectivity index (χ2n) is 17.9. The van der Waals surface area contributed by atoms with Gasteiger partial charge in [0.2, 0.25) is 0 Å². The molecule has 0 radical (unpaired) electrons. The lowest BCUT2D eigenvalue weighted by Crippen LogP contribution is -2.65. The van der Waals surface area contributed by atoms with E-state index in [-0.39, 0.29) is 25.2 Å². The first kappa shape index (κ1) is 57.2. The van der Waals surface area contributed by atoms with E-state index in [4.69, 9.17) is 52.1 Å². The van der Waals surface area contributed by atoms with Crippen LogP contribution in [0.25, 0.3) is 0 Å². The van der Waals surface area contributed by atoms with E-state index in [2.05, 4.69) is 0 Å². The molecule has 0 aromatic rings. The number of methoxy groups -OCH3 is 3. The lowest BCUT2D eigenvalue weighted by Gasteiger charge is -2.48. The minimum Gasteiger partial charge on any atom is -0.466 e. The van der Waals surface area contributed by atoms with Gasteiger partial charge in [-0.2, -0.15) is 0 Å². The number of aliphatic hydroxyl groups excluding tert-OH is 1. The van der Waals surface area contributed by atoms with Crippen molar-refractivity contribution >= 4 is 35.6 Å². The predicted molar refractivity (Wildman–Crippen MR) is 240 cm³/mol. The first-order valence-corrected chi connectivity index (χ1v) is 22.9. The van der Waals surface area contributed by atoms with Gasteiger partial charge in [-0.1, -0.05) is 44.6 Å². The van der Waals surface area contributed by atoms with Crippen LogP contribution < -0.4 is 0 Å². The van der Waals surface area contributed by atoms with Crippen LogP contribution in [0.2, 0.25) is 0 Å². The summed E-state index contributed by atoms with van der Waals surface area (Å²) in [6.07, 6.45) is -3.27. The van der Waals surface area contributed by atoms with Gasteiger partial charge in [-0.15, -0.1) is 0 Å². The zero-order valence-corrected chi connectivity index (χ0v) is 41.6. The number of carbonyl (C=O) groups excluding carboxylic acids is 6. The highest BCUT2D eigenvalue weighted by atomic mass is 16.7. The maximum absolute atomic E-state index is 14.0. The Morgan fingerprint density at radius 1 is 0.806 bits per heavy atom. The number of ether oxygens (including phenoxy) is 11. The molecule has 380 valence electrons. The quantitative estimate of drug-likeness (QED) is 0.140. The molecule has 0 unspecified atom stereocenters. The number of nitrogens with zero attached hydrogens (tertiary/aromatic N) is 1. The van der Waals surface area contributed by atoms with Crippen LogP contribution in [0.15, 0.2) is 36.0 Å². The van der Waals surface area contributed by atoms with Gasteiger partial charge in [0, 0.05) is 58.8 Å². The Balaban J connectivity index is 2.09. The SMILES string of the molecule is CC[C@H]1OC(=O)C[C@@H](O)[C@H](C)[C@@H](O[C@H]2O[C@@H](C)[C@H](OC(C)=O)[C@@H](N(C)C)[C@@H]2OC(C)=O)[C@@H](C/C=C/C(=O)OC)C[C@@H](C)C(=O)/C=C/C(C)=C/[C@@H]1CO[C@@H]1O[C@H](C)[C@@H](OC(C)=O)[C@@H](OC)[C@H]1OC. The molecule has 0 aromatic heterocycles. The van der Waals surface area contributed by atoms with Crippen molar-refractivity contribution < 1.29 is 86.0 Å². The first-order valence-electron chi connectivity index (χ1n) is 22.9. The van der Waals surface area contributed by atoms with Gasteiger partial charge in [-0.3, -0.25) is 28.9 Å². The summed E-state index contributed by atoms with van der Waals surface area (Å²) < 4.78 is 65.1. The van der Waals surface area contributed by atoms with Crippen LogP contribution in [-0.2, 0) is 80.9 Å². The summed E-state index contributed by atoms with van der Waals surface area (Å²) in [5, 5.41) is 12.0. The van der Waals surface area contributed by atoms with Gasteiger partial charge in [0.25, 0.3) is 0 Å². The molecule has 2 saturated heterocycles. The third-order valence-electron chi connectivity index (χ3n) is 12.4. The molecule has 0 amide bonds. The minimum absolute atomic E-state index is 0.0432. The first-order chi connectivity index (χ1) is 31.6. The molecule has 0 spiro atoms. The summed E-state index contributed by atoms with van der Waals surface area (Å²) in [6, 6.07) is -0.752. The van der Waals surface area contributed by atoms with E-state index in [9.17, 15) is 33.9 Å². The van der Waals surface area contributed by atoms with Crippen LogP contribution in [0.3, 0.4) is 0 Å².